The van der Waals surface area contributed by atoms with Crippen molar-refractivity contribution in [2.24, 2.45) is 0 Å². The zero-order valence-corrected chi connectivity index (χ0v) is 15.9. The maximum absolute atomic E-state index is 2.92. The predicted molar refractivity (Wildman–Crippen MR) is 97.0 cm³/mol. The molecular weight excluding hydrogens is 289 g/mol. The maximum atomic E-state index is 2.92. The first-order chi connectivity index (χ1) is 10.7. The molecule has 0 saturated carbocycles. The Morgan fingerprint density at radius 2 is 0.864 bits per heavy atom. The third-order valence-electron chi connectivity index (χ3n) is 5.99. The molecule has 3 nitrogen and oxygen atoms in total. The third kappa shape index (κ3) is 3.69. The maximum Gasteiger partial charge on any atom is 0.120 e. The molecule has 3 aliphatic heterocycles. The molecule has 3 unspecified atom stereocenters. The number of hydrogen-bond donors (Lipinski definition) is 0. The number of piperidine rings is 3. The molecule has 0 aromatic heterocycles. The van der Waals surface area contributed by atoms with Crippen LogP contribution in [-0.2, 0) is 0 Å². The van der Waals surface area contributed by atoms with Gasteiger partial charge in [0.1, 0.15) is 8.37 Å². The molecule has 4 heteroatoms. The second-order valence-electron chi connectivity index (χ2n) is 7.79. The lowest BCUT2D eigenvalue weighted by atomic mass is 10.1. The van der Waals surface area contributed by atoms with Gasteiger partial charge in [0, 0.05) is 37.8 Å². The Hall–Kier alpha value is 0.310. The van der Waals surface area contributed by atoms with E-state index < -0.39 is 0 Å². The highest BCUT2D eigenvalue weighted by Crippen LogP contribution is 2.55. The van der Waals surface area contributed by atoms with Gasteiger partial charge in [-0.2, -0.15) is 0 Å². The molecule has 3 aliphatic rings. The largest absolute Gasteiger partial charge is 0.255 e. The average molecular weight is 325 g/mol. The number of rotatable bonds is 3. The Labute approximate surface area is 139 Å². The summed E-state index contributed by atoms with van der Waals surface area (Å²) in [6.07, 6.45) is 12.8. The summed E-state index contributed by atoms with van der Waals surface area (Å²) in [7, 11) is -0.233. The molecule has 3 rings (SSSR count). The van der Waals surface area contributed by atoms with Crippen LogP contribution in [0.1, 0.15) is 78.6 Å². The summed E-state index contributed by atoms with van der Waals surface area (Å²) >= 11 is 0. The van der Waals surface area contributed by atoms with Crippen LogP contribution in [-0.4, -0.2) is 51.8 Å². The van der Waals surface area contributed by atoms with E-state index in [1.54, 1.807) is 0 Å². The zero-order chi connectivity index (χ0) is 15.5. The highest BCUT2D eigenvalue weighted by molar-refractivity contribution is 7.50. The molecule has 0 N–H and O–H groups in total. The van der Waals surface area contributed by atoms with Crippen molar-refractivity contribution in [3.05, 3.63) is 0 Å². The monoisotopic (exact) mass is 325 g/mol. The molecule has 0 spiro atoms. The summed E-state index contributed by atoms with van der Waals surface area (Å²) in [5.74, 6) is 0. The van der Waals surface area contributed by atoms with Crippen LogP contribution in [0, 0.1) is 0 Å². The van der Waals surface area contributed by atoms with Crippen LogP contribution in [0.25, 0.3) is 0 Å². The Bertz CT molecular complexity index is 299. The van der Waals surface area contributed by atoms with Crippen molar-refractivity contribution in [1.82, 2.24) is 14.0 Å². The van der Waals surface area contributed by atoms with Crippen LogP contribution < -0.4 is 0 Å². The summed E-state index contributed by atoms with van der Waals surface area (Å²) in [5, 5.41) is 0. The van der Waals surface area contributed by atoms with Crippen LogP contribution >= 0.6 is 8.37 Å². The molecule has 0 aromatic rings. The molecule has 3 fully saturated rings. The van der Waals surface area contributed by atoms with Crippen LogP contribution in [0.2, 0.25) is 0 Å². The number of hydrogen-bond acceptors (Lipinski definition) is 3. The minimum absolute atomic E-state index is 0.233. The SMILES string of the molecule is CC1CCCCN1P(N1CCCCC1C)N1CCCCC1C. The van der Waals surface area contributed by atoms with E-state index in [9.17, 15) is 0 Å². The lowest BCUT2D eigenvalue weighted by Gasteiger charge is -2.54. The van der Waals surface area contributed by atoms with Crippen molar-refractivity contribution >= 4 is 8.37 Å². The average Bonchev–Trinajstić information content (AvgIpc) is 2.53. The van der Waals surface area contributed by atoms with E-state index in [2.05, 4.69) is 34.8 Å². The molecule has 0 aromatic carbocycles. The van der Waals surface area contributed by atoms with Crippen LogP contribution in [0.3, 0.4) is 0 Å². The van der Waals surface area contributed by atoms with Gasteiger partial charge in [0.05, 0.1) is 0 Å². The van der Waals surface area contributed by atoms with Crippen LogP contribution in [0.4, 0.5) is 0 Å². The van der Waals surface area contributed by atoms with Crippen LogP contribution in [0.15, 0.2) is 0 Å². The standard InChI is InChI=1S/C18H36N3P/c1-16-10-4-7-13-19(16)22(20-14-8-5-11-17(20)2)21-15-9-6-12-18(21)3/h16-18H,4-15H2,1-3H3. The van der Waals surface area contributed by atoms with Gasteiger partial charge in [0.15, 0.2) is 0 Å². The van der Waals surface area contributed by atoms with Crippen molar-refractivity contribution in [2.75, 3.05) is 19.6 Å². The van der Waals surface area contributed by atoms with Gasteiger partial charge in [-0.25, -0.2) is 0 Å². The zero-order valence-electron chi connectivity index (χ0n) is 15.0. The van der Waals surface area contributed by atoms with Gasteiger partial charge in [-0.3, -0.25) is 14.0 Å². The molecule has 0 bridgehead atoms. The second kappa shape index (κ2) is 7.92. The first-order valence-corrected chi connectivity index (χ1v) is 11.0. The first kappa shape index (κ1) is 17.1. The Balaban J connectivity index is 1.83. The minimum atomic E-state index is -0.233. The Morgan fingerprint density at radius 3 is 1.14 bits per heavy atom. The molecule has 3 saturated heterocycles. The van der Waals surface area contributed by atoms with E-state index in [1.807, 2.05) is 0 Å². The van der Waals surface area contributed by atoms with Gasteiger partial charge in [-0.15, -0.1) is 0 Å². The third-order valence-corrected chi connectivity index (χ3v) is 9.15. The molecule has 0 radical (unpaired) electrons. The lowest BCUT2D eigenvalue weighted by molar-refractivity contribution is 0.178. The molecule has 0 amide bonds. The van der Waals surface area contributed by atoms with E-state index >= 15 is 0 Å². The van der Waals surface area contributed by atoms with Gasteiger partial charge >= 0.3 is 0 Å². The fraction of sp³-hybridized carbons (Fsp3) is 1.00. The van der Waals surface area contributed by atoms with Gasteiger partial charge in [-0.1, -0.05) is 19.3 Å². The minimum Gasteiger partial charge on any atom is -0.255 e. The van der Waals surface area contributed by atoms with E-state index in [0.29, 0.717) is 0 Å². The quantitative estimate of drug-likeness (QED) is 0.688. The van der Waals surface area contributed by atoms with E-state index in [-0.39, 0.29) is 8.37 Å². The van der Waals surface area contributed by atoms with E-state index in [0.717, 1.165) is 18.1 Å². The molecule has 128 valence electrons. The first-order valence-electron chi connectivity index (χ1n) is 9.78. The smallest absolute Gasteiger partial charge is 0.120 e. The Morgan fingerprint density at radius 1 is 0.545 bits per heavy atom. The molecule has 0 aliphatic carbocycles. The van der Waals surface area contributed by atoms with Gasteiger partial charge in [0.2, 0.25) is 0 Å². The highest BCUT2D eigenvalue weighted by atomic mass is 31.2. The van der Waals surface area contributed by atoms with Crippen molar-refractivity contribution in [3.8, 4) is 0 Å². The topological polar surface area (TPSA) is 9.72 Å². The molecular formula is C18H36N3P. The molecule has 3 atom stereocenters. The summed E-state index contributed by atoms with van der Waals surface area (Å²) in [6.45, 7) is 11.4. The van der Waals surface area contributed by atoms with Crippen molar-refractivity contribution in [2.45, 2.75) is 96.7 Å². The fourth-order valence-electron chi connectivity index (χ4n) is 4.49. The summed E-state index contributed by atoms with van der Waals surface area (Å²) in [5.41, 5.74) is 0. The second-order valence-corrected chi connectivity index (χ2v) is 9.87. The van der Waals surface area contributed by atoms with Crippen LogP contribution in [0.5, 0.6) is 0 Å². The van der Waals surface area contributed by atoms with Crippen molar-refractivity contribution < 1.29 is 0 Å². The predicted octanol–water partition coefficient (Wildman–Crippen LogP) is 4.84. The van der Waals surface area contributed by atoms with Gasteiger partial charge in [0.25, 0.3) is 0 Å². The van der Waals surface area contributed by atoms with Crippen molar-refractivity contribution in [1.29, 1.82) is 0 Å². The summed E-state index contributed by atoms with van der Waals surface area (Å²) in [4.78, 5) is 0. The lowest BCUT2D eigenvalue weighted by Crippen LogP contribution is -2.50. The number of nitrogens with zero attached hydrogens (tertiary/aromatic N) is 3. The summed E-state index contributed by atoms with van der Waals surface area (Å²) < 4.78 is 8.76. The van der Waals surface area contributed by atoms with Gasteiger partial charge < -0.3 is 0 Å². The highest BCUT2D eigenvalue weighted by Gasteiger charge is 2.40. The Kier molecular flexibility index (Phi) is 6.17. The van der Waals surface area contributed by atoms with E-state index in [4.69, 9.17) is 0 Å². The van der Waals surface area contributed by atoms with E-state index in [1.165, 1.54) is 77.4 Å². The molecule has 3 heterocycles. The molecule has 22 heavy (non-hydrogen) atoms. The summed E-state index contributed by atoms with van der Waals surface area (Å²) in [6, 6.07) is 2.34. The fourth-order valence-corrected chi connectivity index (χ4v) is 7.74. The normalized spacial score (nSPS) is 38.0. The van der Waals surface area contributed by atoms with Gasteiger partial charge in [-0.05, 0) is 59.3 Å². The van der Waals surface area contributed by atoms with Crippen molar-refractivity contribution in [3.63, 3.8) is 0 Å².